The standard InChI is InChI=1S/C50H63N3O12Si/c1-48(2,3)63-47(59)62-42-33-21-29(24-53-19-14-20-53)17-18-32(33)41(60-27-31(55)25-54)34-22-30-23-35-39(52(7)8)43-38(46(51-64-43)61-26-28-15-12-11-13-16-28)45(58)50(35,65-66(9,10)49(4,5)6)44(57)36(30)40(56)37(34)42/h11-13,15-18,21,30-31,35,39,54-56H,14,19-20,22-27H2,1-10H3/t30-,31?,35-,39-,50-/m0/s1. The molecule has 4 aromatic rings. The molecule has 15 nitrogen and oxygen atoms in total. The first-order valence-electron chi connectivity index (χ1n) is 22.8. The van der Waals surface area contributed by atoms with Crippen LogP contribution in [-0.2, 0) is 33.5 Å². The second-order valence-corrected chi connectivity index (χ2v) is 25.6. The van der Waals surface area contributed by atoms with Crippen LogP contribution in [0.1, 0.15) is 98.8 Å². The van der Waals surface area contributed by atoms with Crippen LogP contribution in [0.3, 0.4) is 0 Å². The highest BCUT2D eigenvalue weighted by molar-refractivity contribution is 6.74. The molecule has 1 saturated carbocycles. The molecule has 1 saturated heterocycles. The molecule has 2 fully saturated rings. The summed E-state index contributed by atoms with van der Waals surface area (Å²) in [5.41, 5.74) is -0.977. The van der Waals surface area contributed by atoms with E-state index in [1.807, 2.05) is 101 Å². The molecule has 1 unspecified atom stereocenters. The number of hydrogen-bond acceptors (Lipinski definition) is 15. The molecule has 8 rings (SSSR count). The van der Waals surface area contributed by atoms with E-state index in [9.17, 15) is 20.1 Å². The Hall–Kier alpha value is -5.10. The summed E-state index contributed by atoms with van der Waals surface area (Å²) in [4.78, 5) is 49.9. The smallest absolute Gasteiger partial charge is 0.507 e. The van der Waals surface area contributed by atoms with E-state index in [2.05, 4.69) is 10.1 Å². The largest absolute Gasteiger partial charge is 0.514 e. The zero-order chi connectivity index (χ0) is 47.7. The Kier molecular flexibility index (Phi) is 12.6. The number of fused-ring (bicyclic) bond motifs is 5. The summed E-state index contributed by atoms with van der Waals surface area (Å²) >= 11 is 0. The van der Waals surface area contributed by atoms with Gasteiger partial charge in [0.25, 0.3) is 5.88 Å². The summed E-state index contributed by atoms with van der Waals surface area (Å²) in [6.07, 6.45) is -0.928. The predicted molar refractivity (Wildman–Crippen MR) is 248 cm³/mol. The monoisotopic (exact) mass is 925 g/mol. The van der Waals surface area contributed by atoms with Crippen LogP contribution in [0, 0.1) is 11.8 Å². The van der Waals surface area contributed by atoms with Gasteiger partial charge in [0.15, 0.2) is 25.4 Å². The van der Waals surface area contributed by atoms with E-state index < -0.39 is 78.6 Å². The summed E-state index contributed by atoms with van der Waals surface area (Å²) in [6.45, 7) is 16.9. The van der Waals surface area contributed by atoms with E-state index in [1.165, 1.54) is 0 Å². The average molecular weight is 926 g/mol. The molecular formula is C50H63N3O12Si. The number of likely N-dealkylation sites (tertiary alicyclic amines) is 1. The number of hydrogen-bond donors (Lipinski definition) is 3. The number of rotatable bonds is 13. The Morgan fingerprint density at radius 1 is 0.970 bits per heavy atom. The first kappa shape index (κ1) is 47.4. The van der Waals surface area contributed by atoms with Crippen molar-refractivity contribution < 1.29 is 57.6 Å². The highest BCUT2D eigenvalue weighted by atomic mass is 28.4. The van der Waals surface area contributed by atoms with E-state index in [4.69, 9.17) is 27.9 Å². The van der Waals surface area contributed by atoms with Gasteiger partial charge in [0.1, 0.15) is 42.0 Å². The number of ketones is 2. The molecule has 0 bridgehead atoms. The van der Waals surface area contributed by atoms with Crippen LogP contribution in [0.25, 0.3) is 16.5 Å². The van der Waals surface area contributed by atoms with E-state index in [1.54, 1.807) is 20.8 Å². The quantitative estimate of drug-likeness (QED) is 0.0506. The lowest BCUT2D eigenvalue weighted by molar-refractivity contribution is -0.140. The number of carbonyl (C=O) groups is 3. The van der Waals surface area contributed by atoms with Gasteiger partial charge in [0, 0.05) is 34.4 Å². The highest BCUT2D eigenvalue weighted by Gasteiger charge is 2.69. The van der Waals surface area contributed by atoms with Crippen LogP contribution in [-0.4, -0.2) is 114 Å². The van der Waals surface area contributed by atoms with Crippen LogP contribution >= 0.6 is 0 Å². The van der Waals surface area contributed by atoms with Gasteiger partial charge in [0.2, 0.25) is 11.6 Å². The lowest BCUT2D eigenvalue weighted by Crippen LogP contribution is -2.68. The summed E-state index contributed by atoms with van der Waals surface area (Å²) in [5, 5.41) is 38.2. The topological polar surface area (TPSA) is 191 Å². The molecule has 1 aromatic heterocycles. The Bertz CT molecular complexity index is 2570. The number of Topliss-reactive ketones (excluding diaryl/α,β-unsaturated/α-hetero) is 2. The third-order valence-electron chi connectivity index (χ3n) is 13.8. The number of nitrogens with zero attached hydrogens (tertiary/aromatic N) is 3. The van der Waals surface area contributed by atoms with Gasteiger partial charge in [-0.25, -0.2) is 4.79 Å². The van der Waals surface area contributed by atoms with Crippen LogP contribution in [0.4, 0.5) is 4.79 Å². The zero-order valence-corrected chi connectivity index (χ0v) is 40.6. The molecule has 354 valence electrons. The number of aromatic nitrogens is 1. The zero-order valence-electron chi connectivity index (χ0n) is 39.6. The maximum Gasteiger partial charge on any atom is 0.514 e. The molecule has 0 spiro atoms. The molecule has 3 aliphatic carbocycles. The van der Waals surface area contributed by atoms with Crippen LogP contribution < -0.4 is 14.2 Å². The molecule has 2 heterocycles. The number of carbonyl (C=O) groups excluding carboxylic acids is 3. The minimum atomic E-state index is -3.05. The lowest BCUT2D eigenvalue weighted by atomic mass is 9.57. The third kappa shape index (κ3) is 8.45. The van der Waals surface area contributed by atoms with Gasteiger partial charge in [-0.3, -0.25) is 19.4 Å². The van der Waals surface area contributed by atoms with Gasteiger partial charge in [-0.05, 0) is 114 Å². The van der Waals surface area contributed by atoms with E-state index in [0.717, 1.165) is 30.6 Å². The summed E-state index contributed by atoms with van der Waals surface area (Å²) < 4.78 is 37.8. The summed E-state index contributed by atoms with van der Waals surface area (Å²) in [7, 11) is 0.640. The molecule has 3 N–H and O–H groups in total. The Balaban J connectivity index is 1.37. The fourth-order valence-electron chi connectivity index (χ4n) is 9.57. The fraction of sp³-hybridized carbons (Fsp3) is 0.520. The van der Waals surface area contributed by atoms with E-state index in [0.29, 0.717) is 22.9 Å². The highest BCUT2D eigenvalue weighted by Crippen LogP contribution is 2.60. The van der Waals surface area contributed by atoms with Crippen molar-refractivity contribution in [3.05, 3.63) is 87.7 Å². The molecule has 16 heteroatoms. The average Bonchev–Trinajstić information content (AvgIpc) is 3.64. The molecular weight excluding hydrogens is 863 g/mol. The summed E-state index contributed by atoms with van der Waals surface area (Å²) in [6, 6.07) is 14.4. The molecule has 4 aliphatic rings. The number of aliphatic hydroxyl groups excluding tert-OH is 3. The SMILES string of the molecule is CN(C)[C@@H]1c2onc(OCc3ccccc3)c2C(=O)[C@@]2(O[Si](C)(C)C(C)(C)C)C(=O)C3=C(O)c4c(c(OCC(O)CO)c5ccc(CN6CCC6)cc5c4OC(=O)OC(C)(C)C)C[C@H]3C[C@@H]12. The Labute approximate surface area is 386 Å². The first-order chi connectivity index (χ1) is 31.1. The van der Waals surface area contributed by atoms with Crippen molar-refractivity contribution in [3.8, 4) is 17.4 Å². The molecule has 5 atom stereocenters. The van der Waals surface area contributed by atoms with Crippen molar-refractivity contribution in [3.63, 3.8) is 0 Å². The predicted octanol–water partition coefficient (Wildman–Crippen LogP) is 7.95. The van der Waals surface area contributed by atoms with Gasteiger partial charge >= 0.3 is 6.16 Å². The van der Waals surface area contributed by atoms with Gasteiger partial charge in [-0.15, -0.1) is 0 Å². The van der Waals surface area contributed by atoms with Crippen LogP contribution in [0.2, 0.25) is 18.1 Å². The van der Waals surface area contributed by atoms with Gasteiger partial charge in [-0.2, -0.15) is 0 Å². The number of ether oxygens (including phenoxy) is 4. The van der Waals surface area contributed by atoms with Crippen LogP contribution in [0.5, 0.6) is 17.4 Å². The minimum Gasteiger partial charge on any atom is -0.507 e. The summed E-state index contributed by atoms with van der Waals surface area (Å²) in [5.74, 6) is -2.98. The maximum absolute atomic E-state index is 16.2. The van der Waals surface area contributed by atoms with Crippen molar-refractivity contribution in [1.29, 1.82) is 0 Å². The number of aliphatic hydroxyl groups is 3. The molecule has 1 aliphatic heterocycles. The normalized spacial score (nSPS) is 22.6. The lowest BCUT2D eigenvalue weighted by Gasteiger charge is -2.55. The van der Waals surface area contributed by atoms with Crippen molar-refractivity contribution in [2.24, 2.45) is 11.8 Å². The molecule has 66 heavy (non-hydrogen) atoms. The molecule has 0 amide bonds. The van der Waals surface area contributed by atoms with Gasteiger partial charge in [-0.1, -0.05) is 63.2 Å². The second-order valence-electron chi connectivity index (χ2n) is 20.9. The number of benzene rings is 3. The Morgan fingerprint density at radius 3 is 2.30 bits per heavy atom. The first-order valence-corrected chi connectivity index (χ1v) is 25.7. The van der Waals surface area contributed by atoms with Crippen molar-refractivity contribution >= 4 is 42.6 Å². The third-order valence-corrected chi connectivity index (χ3v) is 18.3. The van der Waals surface area contributed by atoms with E-state index >= 15 is 9.59 Å². The molecule has 3 aromatic carbocycles. The second kappa shape index (κ2) is 17.5. The minimum absolute atomic E-state index is 0.00971. The van der Waals surface area contributed by atoms with Crippen LogP contribution in [0.15, 0.2) is 58.6 Å². The van der Waals surface area contributed by atoms with Crippen molar-refractivity contribution in [2.75, 3.05) is 40.4 Å². The van der Waals surface area contributed by atoms with E-state index in [-0.39, 0.29) is 65.9 Å². The van der Waals surface area contributed by atoms with Gasteiger partial charge < -0.3 is 43.2 Å². The van der Waals surface area contributed by atoms with Gasteiger partial charge in [0.05, 0.1) is 18.2 Å². The Morgan fingerprint density at radius 2 is 1.68 bits per heavy atom. The fourth-order valence-corrected chi connectivity index (χ4v) is 11.0. The van der Waals surface area contributed by atoms with Crippen molar-refractivity contribution in [2.45, 2.75) is 115 Å². The maximum atomic E-state index is 16.2. The molecule has 0 radical (unpaired) electrons. The van der Waals surface area contributed by atoms with Crippen molar-refractivity contribution in [1.82, 2.24) is 15.0 Å².